The van der Waals surface area contributed by atoms with Crippen LogP contribution in [0.25, 0.3) is 0 Å². The fraction of sp³-hybridized carbons (Fsp3) is 0.600. The Kier molecular flexibility index (Phi) is 5.33. The Morgan fingerprint density at radius 3 is 2.62 bits per heavy atom. The molecule has 0 bridgehead atoms. The van der Waals surface area contributed by atoms with Crippen LogP contribution in [0.4, 0.5) is 0 Å². The summed E-state index contributed by atoms with van der Waals surface area (Å²) in [5, 5.41) is 9.62. The van der Waals surface area contributed by atoms with Crippen LogP contribution in [0.15, 0.2) is 18.3 Å². The Bertz CT molecular complexity index is 505. The average Bonchev–Trinajstić information content (AvgIpc) is 2.94. The van der Waals surface area contributed by atoms with Crippen molar-refractivity contribution in [3.8, 4) is 0 Å². The highest BCUT2D eigenvalue weighted by Crippen LogP contribution is 2.25. The summed E-state index contributed by atoms with van der Waals surface area (Å²) in [5.41, 5.74) is 0.329. The lowest BCUT2D eigenvalue weighted by atomic mass is 10.0. The van der Waals surface area contributed by atoms with Gasteiger partial charge in [-0.05, 0) is 30.2 Å². The Hall–Kier alpha value is -1.43. The number of piperidine rings is 1. The molecular formula is C15H22N2O3S. The number of amides is 1. The molecule has 1 aromatic rings. The monoisotopic (exact) mass is 310 g/mol. The number of aromatic carboxylic acids is 1. The van der Waals surface area contributed by atoms with E-state index >= 15 is 0 Å². The second-order valence-corrected chi connectivity index (χ2v) is 7.14. The first-order chi connectivity index (χ1) is 9.99. The van der Waals surface area contributed by atoms with E-state index in [9.17, 15) is 9.59 Å². The van der Waals surface area contributed by atoms with Crippen LogP contribution in [0.2, 0.25) is 0 Å². The third kappa shape index (κ3) is 4.03. The van der Waals surface area contributed by atoms with Crippen molar-refractivity contribution in [3.63, 3.8) is 0 Å². The molecule has 6 heteroatoms. The second-order valence-electron chi connectivity index (χ2n) is 5.58. The van der Waals surface area contributed by atoms with Gasteiger partial charge in [0.05, 0.1) is 5.75 Å². The van der Waals surface area contributed by atoms with Gasteiger partial charge in [0.15, 0.2) is 0 Å². The molecule has 1 fully saturated rings. The van der Waals surface area contributed by atoms with E-state index in [1.165, 1.54) is 0 Å². The van der Waals surface area contributed by atoms with E-state index in [4.69, 9.17) is 5.11 Å². The van der Waals surface area contributed by atoms with Crippen LogP contribution < -0.4 is 0 Å². The molecule has 1 saturated heterocycles. The molecule has 1 aliphatic heterocycles. The zero-order chi connectivity index (χ0) is 15.4. The van der Waals surface area contributed by atoms with E-state index in [1.807, 2.05) is 15.7 Å². The minimum atomic E-state index is -0.896. The number of carbonyl (C=O) groups is 2. The molecular weight excluding hydrogens is 288 g/mol. The SMILES string of the molecule is CC(C)SCC(=O)N1CCC(n2cccc2C(=O)O)CC1. The van der Waals surface area contributed by atoms with Gasteiger partial charge in [-0.1, -0.05) is 13.8 Å². The lowest BCUT2D eigenvalue weighted by Crippen LogP contribution is -2.40. The van der Waals surface area contributed by atoms with Crippen molar-refractivity contribution in [2.45, 2.75) is 38.0 Å². The third-order valence-corrected chi connectivity index (χ3v) is 4.83. The molecule has 0 atom stereocenters. The van der Waals surface area contributed by atoms with E-state index < -0.39 is 5.97 Å². The molecule has 0 saturated carbocycles. The summed E-state index contributed by atoms with van der Waals surface area (Å²) in [7, 11) is 0. The van der Waals surface area contributed by atoms with Crippen molar-refractivity contribution < 1.29 is 14.7 Å². The van der Waals surface area contributed by atoms with Crippen LogP contribution in [-0.2, 0) is 4.79 Å². The van der Waals surface area contributed by atoms with E-state index in [1.54, 1.807) is 23.9 Å². The lowest BCUT2D eigenvalue weighted by Gasteiger charge is -2.33. The van der Waals surface area contributed by atoms with Crippen LogP contribution in [0.1, 0.15) is 43.2 Å². The van der Waals surface area contributed by atoms with Gasteiger partial charge in [-0.3, -0.25) is 4.79 Å². The number of nitrogens with zero attached hydrogens (tertiary/aromatic N) is 2. The highest BCUT2D eigenvalue weighted by atomic mass is 32.2. The van der Waals surface area contributed by atoms with E-state index in [0.717, 1.165) is 12.8 Å². The van der Waals surface area contributed by atoms with E-state index in [2.05, 4.69) is 13.8 Å². The van der Waals surface area contributed by atoms with Crippen LogP contribution in [0.3, 0.4) is 0 Å². The molecule has 5 nitrogen and oxygen atoms in total. The number of thioether (sulfide) groups is 1. The number of rotatable bonds is 5. The predicted octanol–water partition coefficient (Wildman–Crippen LogP) is 2.49. The van der Waals surface area contributed by atoms with Crippen molar-refractivity contribution in [2.24, 2.45) is 0 Å². The van der Waals surface area contributed by atoms with Crippen molar-refractivity contribution in [1.29, 1.82) is 0 Å². The summed E-state index contributed by atoms with van der Waals surface area (Å²) in [6.07, 6.45) is 3.44. The lowest BCUT2D eigenvalue weighted by molar-refractivity contribution is -0.129. The van der Waals surface area contributed by atoms with Gasteiger partial charge in [-0.2, -0.15) is 0 Å². The van der Waals surface area contributed by atoms with Gasteiger partial charge in [-0.25, -0.2) is 4.79 Å². The molecule has 1 aromatic heterocycles. The minimum Gasteiger partial charge on any atom is -0.477 e. The minimum absolute atomic E-state index is 0.174. The fourth-order valence-corrected chi connectivity index (χ4v) is 3.27. The topological polar surface area (TPSA) is 62.5 Å². The molecule has 0 unspecified atom stereocenters. The first-order valence-electron chi connectivity index (χ1n) is 7.28. The number of hydrogen-bond donors (Lipinski definition) is 1. The van der Waals surface area contributed by atoms with Crippen LogP contribution in [-0.4, -0.2) is 50.5 Å². The number of carbonyl (C=O) groups excluding carboxylic acids is 1. The van der Waals surface area contributed by atoms with Gasteiger partial charge in [0, 0.05) is 25.3 Å². The summed E-state index contributed by atoms with van der Waals surface area (Å²) >= 11 is 1.66. The quantitative estimate of drug-likeness (QED) is 0.907. The van der Waals surface area contributed by atoms with Gasteiger partial charge in [-0.15, -0.1) is 11.8 Å². The molecule has 0 aliphatic carbocycles. The Balaban J connectivity index is 1.90. The standard InChI is InChI=1S/C15H22N2O3S/c1-11(2)21-10-14(18)16-8-5-12(6-9-16)17-7-3-4-13(17)15(19)20/h3-4,7,11-12H,5-6,8-10H2,1-2H3,(H,19,20). The largest absolute Gasteiger partial charge is 0.477 e. The first-order valence-corrected chi connectivity index (χ1v) is 8.33. The van der Waals surface area contributed by atoms with Gasteiger partial charge in [0.25, 0.3) is 0 Å². The number of carboxylic acids is 1. The molecule has 0 spiro atoms. The number of carboxylic acid groups (broad SMARTS) is 1. The maximum Gasteiger partial charge on any atom is 0.352 e. The molecule has 21 heavy (non-hydrogen) atoms. The predicted molar refractivity (Wildman–Crippen MR) is 83.8 cm³/mol. The summed E-state index contributed by atoms with van der Waals surface area (Å²) in [6, 6.07) is 3.56. The maximum atomic E-state index is 12.1. The number of likely N-dealkylation sites (tertiary alicyclic amines) is 1. The fourth-order valence-electron chi connectivity index (χ4n) is 2.62. The van der Waals surface area contributed by atoms with Crippen molar-refractivity contribution in [3.05, 3.63) is 24.0 Å². The third-order valence-electron chi connectivity index (χ3n) is 3.75. The summed E-state index contributed by atoms with van der Waals surface area (Å²) < 4.78 is 1.83. The van der Waals surface area contributed by atoms with Crippen LogP contribution >= 0.6 is 11.8 Å². The second kappa shape index (κ2) is 7.02. The smallest absolute Gasteiger partial charge is 0.352 e. The molecule has 1 amide bonds. The zero-order valence-electron chi connectivity index (χ0n) is 12.5. The van der Waals surface area contributed by atoms with Crippen molar-refractivity contribution >= 4 is 23.6 Å². The highest BCUT2D eigenvalue weighted by molar-refractivity contribution is 8.00. The van der Waals surface area contributed by atoms with Crippen molar-refractivity contribution in [2.75, 3.05) is 18.8 Å². The van der Waals surface area contributed by atoms with Gasteiger partial charge in [0.1, 0.15) is 5.69 Å². The van der Waals surface area contributed by atoms with E-state index in [-0.39, 0.29) is 11.9 Å². The van der Waals surface area contributed by atoms with Gasteiger partial charge >= 0.3 is 5.97 Å². The van der Waals surface area contributed by atoms with E-state index in [0.29, 0.717) is 29.8 Å². The summed E-state index contributed by atoms with van der Waals surface area (Å²) in [4.78, 5) is 25.1. The molecule has 2 heterocycles. The molecule has 2 rings (SSSR count). The first kappa shape index (κ1) is 15.9. The van der Waals surface area contributed by atoms with Crippen LogP contribution in [0, 0.1) is 0 Å². The summed E-state index contributed by atoms with van der Waals surface area (Å²) in [5.74, 6) is -0.170. The molecule has 1 N–H and O–H groups in total. The van der Waals surface area contributed by atoms with Crippen LogP contribution in [0.5, 0.6) is 0 Å². The van der Waals surface area contributed by atoms with Gasteiger partial charge in [0.2, 0.25) is 5.91 Å². The molecule has 0 radical (unpaired) electrons. The highest BCUT2D eigenvalue weighted by Gasteiger charge is 2.25. The zero-order valence-corrected chi connectivity index (χ0v) is 13.3. The number of hydrogen-bond acceptors (Lipinski definition) is 3. The Labute approximate surface area is 129 Å². The maximum absolute atomic E-state index is 12.1. The molecule has 116 valence electrons. The Morgan fingerprint density at radius 1 is 1.38 bits per heavy atom. The van der Waals surface area contributed by atoms with Crippen molar-refractivity contribution in [1.82, 2.24) is 9.47 Å². The van der Waals surface area contributed by atoms with Gasteiger partial charge < -0.3 is 14.6 Å². The summed E-state index contributed by atoms with van der Waals surface area (Å²) in [6.45, 7) is 5.59. The number of aromatic nitrogens is 1. The Morgan fingerprint density at radius 2 is 2.05 bits per heavy atom. The molecule has 1 aliphatic rings. The average molecular weight is 310 g/mol. The molecule has 0 aromatic carbocycles. The normalized spacial score (nSPS) is 16.4.